The van der Waals surface area contributed by atoms with E-state index in [0.717, 1.165) is 5.56 Å². The van der Waals surface area contributed by atoms with Gasteiger partial charge in [-0.25, -0.2) is 0 Å². The molecule has 1 aromatic rings. The Bertz CT molecular complexity index is 471. The molecule has 0 amide bonds. The monoisotopic (exact) mass is 265 g/mol. The summed E-state index contributed by atoms with van der Waals surface area (Å²) in [6.07, 6.45) is -0.00361. The number of carbonyl (C=O) groups excluding carboxylic acids is 1. The van der Waals surface area contributed by atoms with Gasteiger partial charge in [-0.3, -0.25) is 9.59 Å². The Morgan fingerprint density at radius 3 is 2.68 bits per heavy atom. The third kappa shape index (κ3) is 4.37. The summed E-state index contributed by atoms with van der Waals surface area (Å²) in [5.41, 5.74) is 7.09. The van der Waals surface area contributed by atoms with E-state index in [1.54, 1.807) is 12.1 Å². The van der Waals surface area contributed by atoms with Crippen LogP contribution in [0.5, 0.6) is 5.75 Å². The molecule has 0 saturated heterocycles. The molecule has 0 fully saturated rings. The summed E-state index contributed by atoms with van der Waals surface area (Å²) >= 11 is 0. The van der Waals surface area contributed by atoms with E-state index in [4.69, 9.17) is 15.6 Å². The first-order valence-corrected chi connectivity index (χ1v) is 6.20. The lowest BCUT2D eigenvalue weighted by Crippen LogP contribution is -2.31. The van der Waals surface area contributed by atoms with E-state index in [1.165, 1.54) is 0 Å². The van der Waals surface area contributed by atoms with Crippen LogP contribution in [0.15, 0.2) is 18.2 Å². The second-order valence-corrected chi connectivity index (χ2v) is 4.34. The van der Waals surface area contributed by atoms with Gasteiger partial charge in [0.2, 0.25) is 0 Å². The number of rotatable bonds is 7. The summed E-state index contributed by atoms with van der Waals surface area (Å²) in [6.45, 7) is 4.15. The number of carbonyl (C=O) groups is 2. The van der Waals surface area contributed by atoms with Crippen LogP contribution in [0.3, 0.4) is 0 Å². The van der Waals surface area contributed by atoms with Crippen LogP contribution in [0.4, 0.5) is 0 Å². The summed E-state index contributed by atoms with van der Waals surface area (Å²) in [7, 11) is 0. The molecule has 0 aliphatic rings. The summed E-state index contributed by atoms with van der Waals surface area (Å²) in [5, 5.41) is 8.61. The van der Waals surface area contributed by atoms with Crippen molar-refractivity contribution >= 4 is 11.8 Å². The first-order chi connectivity index (χ1) is 8.95. The van der Waals surface area contributed by atoms with Crippen molar-refractivity contribution in [1.29, 1.82) is 0 Å². The molecule has 104 valence electrons. The number of benzene rings is 1. The molecular weight excluding hydrogens is 246 g/mol. The molecule has 0 aliphatic carbocycles. The maximum Gasteiger partial charge on any atom is 0.303 e. The van der Waals surface area contributed by atoms with Crippen LogP contribution in [-0.4, -0.2) is 29.5 Å². The van der Waals surface area contributed by atoms with Gasteiger partial charge in [0.25, 0.3) is 0 Å². The van der Waals surface area contributed by atoms with Gasteiger partial charge in [-0.15, -0.1) is 0 Å². The zero-order chi connectivity index (χ0) is 14.4. The molecule has 3 N–H and O–H groups in total. The predicted molar refractivity (Wildman–Crippen MR) is 71.5 cm³/mol. The highest BCUT2D eigenvalue weighted by atomic mass is 16.5. The number of carboxylic acids is 1. The van der Waals surface area contributed by atoms with Gasteiger partial charge in [0, 0.05) is 6.42 Å². The minimum Gasteiger partial charge on any atom is -0.493 e. The number of carboxylic acid groups (broad SMARTS) is 1. The zero-order valence-corrected chi connectivity index (χ0v) is 11.2. The number of ether oxygens (including phenoxy) is 1. The van der Waals surface area contributed by atoms with Gasteiger partial charge in [-0.05, 0) is 32.4 Å². The second kappa shape index (κ2) is 6.89. The molecule has 5 nitrogen and oxygen atoms in total. The van der Waals surface area contributed by atoms with E-state index in [1.807, 2.05) is 19.9 Å². The molecule has 0 saturated carbocycles. The Balaban J connectivity index is 2.90. The largest absolute Gasteiger partial charge is 0.493 e. The Morgan fingerprint density at radius 1 is 1.42 bits per heavy atom. The highest BCUT2D eigenvalue weighted by Gasteiger charge is 2.20. The standard InChI is InChI=1S/C14H19NO4/c1-3-19-12-6-4-9(2)8-10(12)14(18)11(15)5-7-13(16)17/h4,6,8,11H,3,5,7,15H2,1-2H3,(H,16,17). The number of aliphatic carboxylic acids is 1. The predicted octanol–water partition coefficient (Wildman–Crippen LogP) is 1.77. The zero-order valence-electron chi connectivity index (χ0n) is 11.2. The fraction of sp³-hybridized carbons (Fsp3) is 0.429. The normalized spacial score (nSPS) is 11.9. The van der Waals surface area contributed by atoms with Gasteiger partial charge in [-0.1, -0.05) is 11.6 Å². The van der Waals surface area contributed by atoms with Gasteiger partial charge in [0.1, 0.15) is 5.75 Å². The average Bonchev–Trinajstić information content (AvgIpc) is 2.37. The molecule has 0 spiro atoms. The topological polar surface area (TPSA) is 89.6 Å². The van der Waals surface area contributed by atoms with Crippen molar-refractivity contribution in [3.8, 4) is 5.75 Å². The first-order valence-electron chi connectivity index (χ1n) is 6.20. The van der Waals surface area contributed by atoms with Crippen molar-refractivity contribution in [2.24, 2.45) is 5.73 Å². The van der Waals surface area contributed by atoms with E-state index in [2.05, 4.69) is 0 Å². The van der Waals surface area contributed by atoms with Crippen molar-refractivity contribution in [2.45, 2.75) is 32.7 Å². The minimum absolute atomic E-state index is 0.119. The molecule has 0 aromatic heterocycles. The summed E-state index contributed by atoms with van der Waals surface area (Å²) in [6, 6.07) is 4.48. The molecule has 1 aromatic carbocycles. The van der Waals surface area contributed by atoms with Crippen molar-refractivity contribution in [3.63, 3.8) is 0 Å². The quantitative estimate of drug-likeness (QED) is 0.733. The van der Waals surface area contributed by atoms with Crippen LogP contribution in [0.25, 0.3) is 0 Å². The lowest BCUT2D eigenvalue weighted by molar-refractivity contribution is -0.137. The number of ketones is 1. The highest BCUT2D eigenvalue weighted by Crippen LogP contribution is 2.22. The van der Waals surface area contributed by atoms with Crippen LogP contribution in [-0.2, 0) is 4.79 Å². The van der Waals surface area contributed by atoms with Gasteiger partial charge in [0.15, 0.2) is 5.78 Å². The fourth-order valence-electron chi connectivity index (χ4n) is 1.73. The Labute approximate surface area is 112 Å². The number of Topliss-reactive ketones (excluding diaryl/α,β-unsaturated/α-hetero) is 1. The summed E-state index contributed by atoms with van der Waals surface area (Å²) in [4.78, 5) is 22.7. The molecular formula is C14H19NO4. The smallest absolute Gasteiger partial charge is 0.303 e. The Kier molecular flexibility index (Phi) is 5.51. The van der Waals surface area contributed by atoms with Crippen molar-refractivity contribution < 1.29 is 19.4 Å². The fourth-order valence-corrected chi connectivity index (χ4v) is 1.73. The van der Waals surface area contributed by atoms with E-state index in [0.29, 0.717) is 17.9 Å². The molecule has 0 aliphatic heterocycles. The van der Waals surface area contributed by atoms with Crippen LogP contribution in [0.1, 0.15) is 35.7 Å². The number of aryl methyl sites for hydroxylation is 1. The maximum absolute atomic E-state index is 12.2. The van der Waals surface area contributed by atoms with Crippen molar-refractivity contribution in [2.75, 3.05) is 6.61 Å². The van der Waals surface area contributed by atoms with Crippen LogP contribution in [0.2, 0.25) is 0 Å². The van der Waals surface area contributed by atoms with Crippen LogP contribution >= 0.6 is 0 Å². The molecule has 0 heterocycles. The molecule has 5 heteroatoms. The third-order valence-corrected chi connectivity index (χ3v) is 2.71. The van der Waals surface area contributed by atoms with Crippen LogP contribution < -0.4 is 10.5 Å². The third-order valence-electron chi connectivity index (χ3n) is 2.71. The van der Waals surface area contributed by atoms with Gasteiger partial charge < -0.3 is 15.6 Å². The van der Waals surface area contributed by atoms with E-state index >= 15 is 0 Å². The minimum atomic E-state index is -0.961. The van der Waals surface area contributed by atoms with E-state index < -0.39 is 12.0 Å². The molecule has 19 heavy (non-hydrogen) atoms. The molecule has 1 rings (SSSR count). The van der Waals surface area contributed by atoms with Gasteiger partial charge in [-0.2, -0.15) is 0 Å². The second-order valence-electron chi connectivity index (χ2n) is 4.34. The number of hydrogen-bond donors (Lipinski definition) is 2. The van der Waals surface area contributed by atoms with Crippen LogP contribution in [0, 0.1) is 6.92 Å². The Morgan fingerprint density at radius 2 is 2.11 bits per heavy atom. The molecule has 1 unspecified atom stereocenters. The number of nitrogens with two attached hydrogens (primary N) is 1. The lowest BCUT2D eigenvalue weighted by Gasteiger charge is -2.14. The highest BCUT2D eigenvalue weighted by molar-refractivity contribution is 6.02. The first kappa shape index (κ1) is 15.2. The SMILES string of the molecule is CCOc1ccc(C)cc1C(=O)C(N)CCC(=O)O. The van der Waals surface area contributed by atoms with Crippen molar-refractivity contribution in [1.82, 2.24) is 0 Å². The van der Waals surface area contributed by atoms with Gasteiger partial charge in [0.05, 0.1) is 18.2 Å². The average molecular weight is 265 g/mol. The molecule has 0 radical (unpaired) electrons. The lowest BCUT2D eigenvalue weighted by atomic mass is 9.98. The van der Waals surface area contributed by atoms with E-state index in [9.17, 15) is 9.59 Å². The number of hydrogen-bond acceptors (Lipinski definition) is 4. The summed E-state index contributed by atoms with van der Waals surface area (Å²) < 4.78 is 5.40. The van der Waals surface area contributed by atoms with Gasteiger partial charge >= 0.3 is 5.97 Å². The van der Waals surface area contributed by atoms with Crippen molar-refractivity contribution in [3.05, 3.63) is 29.3 Å². The Hall–Kier alpha value is -1.88. The maximum atomic E-state index is 12.2. The molecule has 1 atom stereocenters. The molecule has 0 bridgehead atoms. The summed E-state index contributed by atoms with van der Waals surface area (Å²) in [5.74, 6) is -0.755. The van der Waals surface area contributed by atoms with E-state index in [-0.39, 0.29) is 18.6 Å².